The summed E-state index contributed by atoms with van der Waals surface area (Å²) in [6, 6.07) is 6.39. The summed E-state index contributed by atoms with van der Waals surface area (Å²) in [7, 11) is 0. The predicted octanol–water partition coefficient (Wildman–Crippen LogP) is 3.61. The van der Waals surface area contributed by atoms with Gasteiger partial charge in [0.25, 0.3) is 0 Å². The van der Waals surface area contributed by atoms with Gasteiger partial charge in [-0.2, -0.15) is 5.26 Å². The zero-order chi connectivity index (χ0) is 13.7. The second kappa shape index (κ2) is 6.30. The van der Waals surface area contributed by atoms with Crippen LogP contribution in [-0.2, 0) is 0 Å². The van der Waals surface area contributed by atoms with Crippen LogP contribution in [0.5, 0.6) is 0 Å². The van der Waals surface area contributed by atoms with Crippen LogP contribution >= 0.6 is 11.3 Å². The van der Waals surface area contributed by atoms with E-state index in [1.165, 1.54) is 11.1 Å². The van der Waals surface area contributed by atoms with E-state index in [1.807, 2.05) is 6.07 Å². The van der Waals surface area contributed by atoms with Crippen LogP contribution in [-0.4, -0.2) is 9.97 Å². The van der Waals surface area contributed by atoms with E-state index in [-0.39, 0.29) is 6.04 Å². The number of anilines is 1. The lowest BCUT2D eigenvalue weighted by atomic mass is 10.0. The normalized spacial score (nSPS) is 12.1. The van der Waals surface area contributed by atoms with Crippen molar-refractivity contribution < 1.29 is 0 Å². The van der Waals surface area contributed by atoms with Crippen molar-refractivity contribution in [3.05, 3.63) is 40.5 Å². The van der Waals surface area contributed by atoms with Crippen LogP contribution in [0.15, 0.2) is 29.9 Å². The number of thiophene rings is 1. The van der Waals surface area contributed by atoms with Crippen molar-refractivity contribution in [2.45, 2.75) is 26.3 Å². The maximum absolute atomic E-state index is 8.71. The molecule has 0 aromatic carbocycles. The topological polar surface area (TPSA) is 61.6 Å². The fourth-order valence-electron chi connectivity index (χ4n) is 1.85. The summed E-state index contributed by atoms with van der Waals surface area (Å²) in [6.45, 7) is 4.40. The zero-order valence-corrected chi connectivity index (χ0v) is 11.8. The Balaban J connectivity index is 2.13. The highest BCUT2D eigenvalue weighted by molar-refractivity contribution is 7.10. The molecule has 1 unspecified atom stereocenters. The molecule has 0 aliphatic rings. The smallest absolute Gasteiger partial charge is 0.158 e. The predicted molar refractivity (Wildman–Crippen MR) is 76.9 cm³/mol. The van der Waals surface area contributed by atoms with Crippen molar-refractivity contribution in [1.82, 2.24) is 9.97 Å². The summed E-state index contributed by atoms with van der Waals surface area (Å²) >= 11 is 1.74. The van der Waals surface area contributed by atoms with Crippen LogP contribution in [0.3, 0.4) is 0 Å². The summed E-state index contributed by atoms with van der Waals surface area (Å²) < 4.78 is 0. The molecule has 0 radical (unpaired) electrons. The molecule has 0 saturated carbocycles. The van der Waals surface area contributed by atoms with Gasteiger partial charge in [0.15, 0.2) is 5.69 Å². The molecule has 4 nitrogen and oxygen atoms in total. The number of nitriles is 1. The summed E-state index contributed by atoms with van der Waals surface area (Å²) in [5, 5.41) is 14.2. The molecule has 2 rings (SSSR count). The number of rotatable bonds is 5. The number of aromatic nitrogens is 2. The first kappa shape index (κ1) is 13.5. The Morgan fingerprint density at radius 3 is 2.74 bits per heavy atom. The van der Waals surface area contributed by atoms with E-state index in [4.69, 9.17) is 5.26 Å². The molecule has 2 aromatic rings. The van der Waals surface area contributed by atoms with Gasteiger partial charge < -0.3 is 5.32 Å². The van der Waals surface area contributed by atoms with Gasteiger partial charge in [-0.1, -0.05) is 19.9 Å². The highest BCUT2D eigenvalue weighted by Gasteiger charge is 2.15. The highest BCUT2D eigenvalue weighted by Crippen LogP contribution is 2.28. The molecule has 0 fully saturated rings. The lowest BCUT2D eigenvalue weighted by Gasteiger charge is -2.19. The number of nitrogens with one attached hydrogen (secondary N) is 1. The third-order valence-corrected chi connectivity index (χ3v) is 3.67. The van der Waals surface area contributed by atoms with Crippen LogP contribution in [0.25, 0.3) is 0 Å². The summed E-state index contributed by atoms with van der Waals surface area (Å²) in [5.41, 5.74) is 0.335. The van der Waals surface area contributed by atoms with Crippen LogP contribution in [0.4, 0.5) is 5.82 Å². The van der Waals surface area contributed by atoms with Crippen LogP contribution in [0.1, 0.15) is 36.9 Å². The average molecular weight is 272 g/mol. The second-order valence-corrected chi connectivity index (χ2v) is 5.72. The van der Waals surface area contributed by atoms with Crippen LogP contribution in [0.2, 0.25) is 0 Å². The molecule has 98 valence electrons. The van der Waals surface area contributed by atoms with Gasteiger partial charge in [-0.25, -0.2) is 9.97 Å². The molecule has 2 aromatic heterocycles. The van der Waals surface area contributed by atoms with Gasteiger partial charge in [0, 0.05) is 4.88 Å². The molecule has 0 bridgehead atoms. The van der Waals surface area contributed by atoms with Crippen molar-refractivity contribution >= 4 is 17.2 Å². The molecule has 0 aliphatic heterocycles. The van der Waals surface area contributed by atoms with Crippen LogP contribution < -0.4 is 5.32 Å². The van der Waals surface area contributed by atoms with Crippen molar-refractivity contribution in [3.8, 4) is 6.07 Å². The molecule has 0 spiro atoms. The van der Waals surface area contributed by atoms with E-state index in [0.29, 0.717) is 17.4 Å². The fourth-order valence-corrected chi connectivity index (χ4v) is 2.64. The van der Waals surface area contributed by atoms with Crippen molar-refractivity contribution in [2.24, 2.45) is 5.92 Å². The van der Waals surface area contributed by atoms with Gasteiger partial charge in [-0.05, 0) is 23.8 Å². The fraction of sp³-hybridized carbons (Fsp3) is 0.357. The largest absolute Gasteiger partial charge is 0.361 e. The van der Waals surface area contributed by atoms with Crippen molar-refractivity contribution in [2.75, 3.05) is 5.32 Å². The molecule has 0 aliphatic carbocycles. The Morgan fingerprint density at radius 1 is 1.37 bits per heavy atom. The number of nitrogens with zero attached hydrogens (tertiary/aromatic N) is 3. The lowest BCUT2D eigenvalue weighted by Crippen LogP contribution is -2.13. The Kier molecular flexibility index (Phi) is 4.48. The average Bonchev–Trinajstić information content (AvgIpc) is 2.92. The van der Waals surface area contributed by atoms with Crippen molar-refractivity contribution in [1.29, 1.82) is 5.26 Å². The van der Waals surface area contributed by atoms with Crippen molar-refractivity contribution in [3.63, 3.8) is 0 Å². The second-order valence-electron chi connectivity index (χ2n) is 4.74. The third-order valence-electron chi connectivity index (χ3n) is 2.68. The first-order chi connectivity index (χ1) is 9.19. The maximum Gasteiger partial charge on any atom is 0.158 e. The summed E-state index contributed by atoms with van der Waals surface area (Å²) in [6.07, 6.45) is 4.13. The standard InChI is InChI=1S/C14H16N4S/c1-10(2)6-12(13-4-3-5-19-13)18-14-9-16-11(7-15)8-17-14/h3-5,8-10,12H,6H2,1-2H3,(H,17,18). The SMILES string of the molecule is CC(C)CC(Nc1cnc(C#N)cn1)c1cccs1. The van der Waals surface area contributed by atoms with Crippen LogP contribution in [0, 0.1) is 17.2 Å². The van der Waals surface area contributed by atoms with Gasteiger partial charge in [0.05, 0.1) is 18.4 Å². The Bertz CT molecular complexity index is 540. The Morgan fingerprint density at radius 2 is 2.21 bits per heavy atom. The quantitative estimate of drug-likeness (QED) is 0.903. The summed E-state index contributed by atoms with van der Waals surface area (Å²) in [4.78, 5) is 9.53. The summed E-state index contributed by atoms with van der Waals surface area (Å²) in [5.74, 6) is 1.30. The molecule has 19 heavy (non-hydrogen) atoms. The van der Waals surface area contributed by atoms with E-state index in [9.17, 15) is 0 Å². The molecular formula is C14H16N4S. The first-order valence-corrected chi connectivity index (χ1v) is 7.09. The number of hydrogen-bond donors (Lipinski definition) is 1. The molecule has 1 atom stereocenters. The molecule has 2 heterocycles. The molecule has 5 heteroatoms. The van der Waals surface area contributed by atoms with E-state index in [0.717, 1.165) is 6.42 Å². The Labute approximate surface area is 117 Å². The van der Waals surface area contributed by atoms with Gasteiger partial charge in [-0.3, -0.25) is 0 Å². The Hall–Kier alpha value is -1.93. The van der Waals surface area contributed by atoms with Gasteiger partial charge in [-0.15, -0.1) is 11.3 Å². The minimum Gasteiger partial charge on any atom is -0.361 e. The lowest BCUT2D eigenvalue weighted by molar-refractivity contribution is 0.534. The third kappa shape index (κ3) is 3.76. The highest BCUT2D eigenvalue weighted by atomic mass is 32.1. The van der Waals surface area contributed by atoms with E-state index in [2.05, 4.69) is 46.6 Å². The molecular weight excluding hydrogens is 256 g/mol. The minimum atomic E-state index is 0.238. The molecule has 1 N–H and O–H groups in total. The number of hydrogen-bond acceptors (Lipinski definition) is 5. The van der Waals surface area contributed by atoms with Gasteiger partial charge in [0.2, 0.25) is 0 Å². The van der Waals surface area contributed by atoms with E-state index >= 15 is 0 Å². The van der Waals surface area contributed by atoms with Gasteiger partial charge in [0.1, 0.15) is 11.9 Å². The first-order valence-electron chi connectivity index (χ1n) is 6.21. The molecule has 0 amide bonds. The van der Waals surface area contributed by atoms with Gasteiger partial charge >= 0.3 is 0 Å². The minimum absolute atomic E-state index is 0.238. The van der Waals surface area contributed by atoms with E-state index < -0.39 is 0 Å². The monoisotopic (exact) mass is 272 g/mol. The molecule has 0 saturated heterocycles. The maximum atomic E-state index is 8.71. The van der Waals surface area contributed by atoms with E-state index in [1.54, 1.807) is 17.5 Å². The zero-order valence-electron chi connectivity index (χ0n) is 11.0.